The maximum atomic E-state index is 11.7. The Labute approximate surface area is 154 Å². The predicted octanol–water partition coefficient (Wildman–Crippen LogP) is 3.85. The first-order chi connectivity index (χ1) is 12.0. The molecule has 1 aliphatic rings. The summed E-state index contributed by atoms with van der Waals surface area (Å²) in [5.74, 6) is 0.154. The van der Waals surface area contributed by atoms with E-state index in [0.29, 0.717) is 18.1 Å². The molecular weight excluding hydrogens is 336 g/mol. The van der Waals surface area contributed by atoms with Crippen LogP contribution in [0.15, 0.2) is 61.4 Å². The van der Waals surface area contributed by atoms with Gasteiger partial charge in [-0.3, -0.25) is 4.79 Å². The van der Waals surface area contributed by atoms with Crippen LogP contribution in [0.1, 0.15) is 12.5 Å². The smallest absolute Gasteiger partial charge is 0.246 e. The average Bonchev–Trinajstić information content (AvgIpc) is 2.63. The van der Waals surface area contributed by atoms with E-state index in [2.05, 4.69) is 18.1 Å². The van der Waals surface area contributed by atoms with E-state index in [1.165, 1.54) is 6.08 Å². The second-order valence-electron chi connectivity index (χ2n) is 5.83. The quantitative estimate of drug-likeness (QED) is 0.642. The van der Waals surface area contributed by atoms with Crippen LogP contribution in [-0.4, -0.2) is 47.0 Å². The van der Waals surface area contributed by atoms with E-state index in [9.17, 15) is 9.90 Å². The summed E-state index contributed by atoms with van der Waals surface area (Å²) in [5, 5.41) is 10.2. The van der Waals surface area contributed by atoms with Crippen molar-refractivity contribution in [3.05, 3.63) is 71.9 Å². The standard InChI is InChI=1S/C20H23ClN2O2/c1-4-16(22-10-12-23(13-11-22)20(25)5-2)7-6-15(3)18-14-17(24)8-9-19(18)21/h4-9,14,24H,1-2,10-13H2,3H3/b15-6+,16-7+. The number of nitrogens with zero attached hydrogens (tertiary/aromatic N) is 2. The van der Waals surface area contributed by atoms with Crippen LogP contribution < -0.4 is 0 Å². The molecule has 5 heteroatoms. The molecule has 0 unspecified atom stereocenters. The molecule has 0 aromatic heterocycles. The van der Waals surface area contributed by atoms with E-state index in [0.717, 1.165) is 29.9 Å². The van der Waals surface area contributed by atoms with Crippen LogP contribution in [0.3, 0.4) is 0 Å². The molecule has 2 rings (SSSR count). The Hall–Kier alpha value is -2.46. The van der Waals surface area contributed by atoms with E-state index in [1.807, 2.05) is 19.1 Å². The molecule has 1 aliphatic heterocycles. The molecule has 1 aromatic carbocycles. The number of benzene rings is 1. The lowest BCUT2D eigenvalue weighted by molar-refractivity contribution is -0.127. The van der Waals surface area contributed by atoms with Crippen molar-refractivity contribution in [2.45, 2.75) is 6.92 Å². The van der Waals surface area contributed by atoms with Gasteiger partial charge >= 0.3 is 0 Å². The van der Waals surface area contributed by atoms with Crippen molar-refractivity contribution in [3.8, 4) is 5.75 Å². The number of amides is 1. The lowest BCUT2D eigenvalue weighted by Gasteiger charge is -2.36. The zero-order valence-electron chi connectivity index (χ0n) is 14.4. The molecule has 0 aliphatic carbocycles. The fourth-order valence-electron chi connectivity index (χ4n) is 2.73. The minimum absolute atomic E-state index is 0.0296. The fourth-order valence-corrected chi connectivity index (χ4v) is 3.00. The molecule has 0 radical (unpaired) electrons. The highest BCUT2D eigenvalue weighted by molar-refractivity contribution is 6.32. The third-order valence-electron chi connectivity index (χ3n) is 4.22. The SMILES string of the molecule is C=CC(=O)N1CCN(/C(C=C)=C/C=C(\C)c2cc(O)ccc2Cl)CC1. The molecular formula is C20H23ClN2O2. The number of phenolic OH excluding ortho intramolecular Hbond substituents is 1. The first-order valence-electron chi connectivity index (χ1n) is 8.12. The summed E-state index contributed by atoms with van der Waals surface area (Å²) in [6.45, 7) is 12.2. The van der Waals surface area contributed by atoms with Crippen molar-refractivity contribution >= 4 is 23.1 Å². The summed E-state index contributed by atoms with van der Waals surface area (Å²) < 4.78 is 0. The molecule has 1 saturated heterocycles. The number of hydrogen-bond donors (Lipinski definition) is 1. The molecule has 1 N–H and O–H groups in total. The Morgan fingerprint density at radius 3 is 2.36 bits per heavy atom. The van der Waals surface area contributed by atoms with E-state index in [-0.39, 0.29) is 11.7 Å². The minimum Gasteiger partial charge on any atom is -0.508 e. The van der Waals surface area contributed by atoms with Crippen LogP contribution in [0.25, 0.3) is 5.57 Å². The van der Waals surface area contributed by atoms with Crippen LogP contribution in [0.2, 0.25) is 5.02 Å². The minimum atomic E-state index is -0.0296. The van der Waals surface area contributed by atoms with Crippen LogP contribution in [0.4, 0.5) is 0 Å². The molecule has 0 atom stereocenters. The van der Waals surface area contributed by atoms with Gasteiger partial charge in [-0.1, -0.05) is 30.8 Å². The van der Waals surface area contributed by atoms with Gasteiger partial charge in [-0.05, 0) is 54.5 Å². The van der Waals surface area contributed by atoms with Gasteiger partial charge in [0.05, 0.1) is 0 Å². The second-order valence-corrected chi connectivity index (χ2v) is 6.23. The maximum Gasteiger partial charge on any atom is 0.246 e. The lowest BCUT2D eigenvalue weighted by atomic mass is 10.1. The molecule has 1 aromatic rings. The van der Waals surface area contributed by atoms with Gasteiger partial charge in [-0.15, -0.1) is 0 Å². The summed E-state index contributed by atoms with van der Waals surface area (Å²) in [5.41, 5.74) is 2.73. The van der Waals surface area contributed by atoms with Gasteiger partial charge in [0.25, 0.3) is 0 Å². The summed E-state index contributed by atoms with van der Waals surface area (Å²) in [6, 6.07) is 4.89. The second kappa shape index (κ2) is 8.58. The highest BCUT2D eigenvalue weighted by Crippen LogP contribution is 2.27. The van der Waals surface area contributed by atoms with Crippen molar-refractivity contribution in [2.24, 2.45) is 0 Å². The maximum absolute atomic E-state index is 11.7. The Morgan fingerprint density at radius 2 is 1.76 bits per heavy atom. The summed E-state index contributed by atoms with van der Waals surface area (Å²) >= 11 is 6.20. The van der Waals surface area contributed by atoms with E-state index >= 15 is 0 Å². The predicted molar refractivity (Wildman–Crippen MR) is 103 cm³/mol. The first-order valence-corrected chi connectivity index (χ1v) is 8.50. The monoisotopic (exact) mass is 358 g/mol. The van der Waals surface area contributed by atoms with Crippen molar-refractivity contribution < 1.29 is 9.90 Å². The number of hydrogen-bond acceptors (Lipinski definition) is 3. The molecule has 132 valence electrons. The van der Waals surface area contributed by atoms with E-state index in [4.69, 9.17) is 11.6 Å². The largest absolute Gasteiger partial charge is 0.508 e. The normalized spacial score (nSPS) is 15.9. The van der Waals surface area contributed by atoms with Gasteiger partial charge in [0.2, 0.25) is 5.91 Å². The number of halogens is 1. The fraction of sp³-hybridized carbons (Fsp3) is 0.250. The van der Waals surface area contributed by atoms with E-state index in [1.54, 1.807) is 29.2 Å². The zero-order valence-corrected chi connectivity index (χ0v) is 15.2. The number of carbonyl (C=O) groups excluding carboxylic acids is 1. The van der Waals surface area contributed by atoms with Crippen molar-refractivity contribution in [1.82, 2.24) is 9.80 Å². The molecule has 0 spiro atoms. The van der Waals surface area contributed by atoms with Crippen LogP contribution >= 0.6 is 11.6 Å². The third kappa shape index (κ3) is 4.77. The van der Waals surface area contributed by atoms with E-state index < -0.39 is 0 Å². The molecule has 1 fully saturated rings. The van der Waals surface area contributed by atoms with Crippen molar-refractivity contribution in [3.63, 3.8) is 0 Å². The summed E-state index contributed by atoms with van der Waals surface area (Å²) in [7, 11) is 0. The lowest BCUT2D eigenvalue weighted by Crippen LogP contribution is -2.47. The van der Waals surface area contributed by atoms with Gasteiger partial charge in [-0.25, -0.2) is 0 Å². The van der Waals surface area contributed by atoms with Crippen molar-refractivity contribution in [1.29, 1.82) is 0 Å². The van der Waals surface area contributed by atoms with Gasteiger partial charge < -0.3 is 14.9 Å². The Balaban J connectivity index is 2.12. The number of rotatable bonds is 5. The van der Waals surface area contributed by atoms with Gasteiger partial charge in [0, 0.05) is 36.9 Å². The molecule has 25 heavy (non-hydrogen) atoms. The Morgan fingerprint density at radius 1 is 1.12 bits per heavy atom. The molecule has 4 nitrogen and oxygen atoms in total. The average molecular weight is 359 g/mol. The highest BCUT2D eigenvalue weighted by atomic mass is 35.5. The van der Waals surface area contributed by atoms with Gasteiger partial charge in [0.15, 0.2) is 0 Å². The van der Waals surface area contributed by atoms with Crippen LogP contribution in [0.5, 0.6) is 5.75 Å². The Bertz CT molecular complexity index is 729. The summed E-state index contributed by atoms with van der Waals surface area (Å²) in [4.78, 5) is 15.6. The number of carbonyl (C=O) groups is 1. The number of allylic oxidation sites excluding steroid dienone is 4. The number of aromatic hydroxyl groups is 1. The topological polar surface area (TPSA) is 43.8 Å². The van der Waals surface area contributed by atoms with Gasteiger partial charge in [0.1, 0.15) is 5.75 Å². The third-order valence-corrected chi connectivity index (χ3v) is 4.55. The van der Waals surface area contributed by atoms with Crippen molar-refractivity contribution in [2.75, 3.05) is 26.2 Å². The molecule has 1 heterocycles. The van der Waals surface area contributed by atoms with Crippen LogP contribution in [-0.2, 0) is 4.79 Å². The summed E-state index contributed by atoms with van der Waals surface area (Å²) in [6.07, 6.45) is 7.09. The first kappa shape index (κ1) is 18.9. The van der Waals surface area contributed by atoms with Crippen LogP contribution in [0, 0.1) is 0 Å². The zero-order chi connectivity index (χ0) is 18.4. The number of piperazine rings is 1. The molecule has 0 bridgehead atoms. The number of phenols is 1. The van der Waals surface area contributed by atoms with Gasteiger partial charge in [-0.2, -0.15) is 0 Å². The molecule has 0 saturated carbocycles. The molecule has 1 amide bonds. The Kier molecular flexibility index (Phi) is 6.48. The highest BCUT2D eigenvalue weighted by Gasteiger charge is 2.19.